The molecule has 2 aromatic carbocycles. The lowest BCUT2D eigenvalue weighted by Gasteiger charge is -2.29. The topological polar surface area (TPSA) is 72.5 Å². The maximum absolute atomic E-state index is 12.8. The zero-order valence-corrected chi connectivity index (χ0v) is 19.6. The third kappa shape index (κ3) is 5.65. The predicted molar refractivity (Wildman–Crippen MR) is 120 cm³/mol. The Morgan fingerprint density at radius 1 is 1.03 bits per heavy atom. The highest BCUT2D eigenvalue weighted by Gasteiger charge is 2.32. The molecule has 0 aliphatic heterocycles. The third-order valence-electron chi connectivity index (χ3n) is 4.92. The van der Waals surface area contributed by atoms with Gasteiger partial charge in [0.2, 0.25) is 10.0 Å². The van der Waals surface area contributed by atoms with Gasteiger partial charge in [0.1, 0.15) is 20.1 Å². The summed E-state index contributed by atoms with van der Waals surface area (Å²) in [4.78, 5) is 12.1. The fraction of sp³-hybridized carbons (Fsp3) is 0.318. The summed E-state index contributed by atoms with van der Waals surface area (Å²) >= 11 is 0. The molecule has 0 aliphatic carbocycles. The van der Waals surface area contributed by atoms with Crippen molar-refractivity contribution in [2.24, 2.45) is 0 Å². The van der Waals surface area contributed by atoms with Gasteiger partial charge in [0.25, 0.3) is 0 Å². The number of nitrogens with one attached hydrogen (secondary N) is 1. The summed E-state index contributed by atoms with van der Waals surface area (Å²) in [6.45, 7) is 9.54. The first-order valence-electron chi connectivity index (χ1n) is 9.35. The van der Waals surface area contributed by atoms with Crippen LogP contribution < -0.4 is 14.6 Å². The Morgan fingerprint density at radius 2 is 1.59 bits per heavy atom. The van der Waals surface area contributed by atoms with Crippen molar-refractivity contribution < 1.29 is 17.9 Å². The lowest BCUT2D eigenvalue weighted by atomic mass is 9.98. The molecule has 0 amide bonds. The molecule has 7 heteroatoms. The first-order chi connectivity index (χ1) is 13.4. The van der Waals surface area contributed by atoms with Gasteiger partial charge in [-0.3, -0.25) is 4.79 Å². The summed E-state index contributed by atoms with van der Waals surface area (Å²) in [5.41, 5.74) is 2.28. The van der Waals surface area contributed by atoms with Crippen LogP contribution in [0.4, 0.5) is 0 Å². The highest BCUT2D eigenvalue weighted by atomic mass is 32.2. The molecule has 0 aromatic heterocycles. The zero-order chi connectivity index (χ0) is 21.9. The fourth-order valence-electron chi connectivity index (χ4n) is 3.03. The number of benzene rings is 2. The number of methoxy groups -OCH3 is 1. The Morgan fingerprint density at radius 3 is 2.07 bits per heavy atom. The minimum Gasteiger partial charge on any atom is -0.497 e. The number of rotatable bonds is 8. The van der Waals surface area contributed by atoms with Crippen LogP contribution in [0.2, 0.25) is 13.1 Å². The van der Waals surface area contributed by atoms with Crippen molar-refractivity contribution in [3.63, 3.8) is 0 Å². The highest BCUT2D eigenvalue weighted by molar-refractivity contribution is 7.89. The van der Waals surface area contributed by atoms with Gasteiger partial charge in [-0.25, -0.2) is 13.1 Å². The molecule has 0 spiro atoms. The SMILES string of the molecule is COc1ccc([Si](C)(C)/C=C(\C=O)C(C)(C)NS(=O)(=O)c2ccc(C)cc2)cc1. The smallest absolute Gasteiger partial charge is 0.241 e. The maximum Gasteiger partial charge on any atom is 0.241 e. The summed E-state index contributed by atoms with van der Waals surface area (Å²) in [5.74, 6) is 0.768. The van der Waals surface area contributed by atoms with Crippen molar-refractivity contribution >= 4 is 29.6 Å². The summed E-state index contributed by atoms with van der Waals surface area (Å²) in [7, 11) is -4.31. The predicted octanol–water partition coefficient (Wildman–Crippen LogP) is 3.34. The molecule has 0 atom stereocenters. The Labute approximate surface area is 174 Å². The number of carbonyl (C=O) groups excluding carboxylic acids is 1. The Hall–Kier alpha value is -2.22. The van der Waals surface area contributed by atoms with Crippen LogP contribution in [0.25, 0.3) is 0 Å². The molecule has 1 N–H and O–H groups in total. The molecule has 0 saturated heterocycles. The van der Waals surface area contributed by atoms with Crippen LogP contribution in [0, 0.1) is 6.92 Å². The van der Waals surface area contributed by atoms with Crippen LogP contribution in [-0.4, -0.2) is 35.4 Å². The van der Waals surface area contributed by atoms with Crippen LogP contribution in [0.1, 0.15) is 19.4 Å². The van der Waals surface area contributed by atoms with Gasteiger partial charge in [0, 0.05) is 5.57 Å². The van der Waals surface area contributed by atoms with E-state index >= 15 is 0 Å². The average molecular weight is 432 g/mol. The molecule has 0 radical (unpaired) electrons. The van der Waals surface area contributed by atoms with E-state index in [0.29, 0.717) is 5.57 Å². The van der Waals surface area contributed by atoms with Gasteiger partial charge in [0.15, 0.2) is 0 Å². The molecule has 2 aromatic rings. The van der Waals surface area contributed by atoms with E-state index in [1.807, 2.05) is 36.9 Å². The molecule has 0 unspecified atom stereocenters. The van der Waals surface area contributed by atoms with Gasteiger partial charge in [-0.1, -0.05) is 53.8 Å². The second-order valence-corrected chi connectivity index (χ2v) is 14.2. The van der Waals surface area contributed by atoms with E-state index in [0.717, 1.165) is 22.8 Å². The molecule has 2 rings (SSSR count). The molecule has 5 nitrogen and oxygen atoms in total. The number of aldehydes is 1. The lowest BCUT2D eigenvalue weighted by molar-refractivity contribution is -0.105. The highest BCUT2D eigenvalue weighted by Crippen LogP contribution is 2.22. The number of aryl methyl sites for hydroxylation is 1. The molecule has 0 aliphatic rings. The molecule has 29 heavy (non-hydrogen) atoms. The number of hydrogen-bond donors (Lipinski definition) is 1. The molecule has 0 saturated carbocycles. The summed E-state index contributed by atoms with van der Waals surface area (Å²) in [5, 5.41) is 1.12. The lowest BCUT2D eigenvalue weighted by Crippen LogP contribution is -2.48. The van der Waals surface area contributed by atoms with E-state index in [2.05, 4.69) is 17.8 Å². The van der Waals surface area contributed by atoms with E-state index in [4.69, 9.17) is 4.74 Å². The molecular weight excluding hydrogens is 402 g/mol. The second-order valence-electron chi connectivity index (χ2n) is 8.21. The maximum atomic E-state index is 12.8. The van der Waals surface area contributed by atoms with Crippen molar-refractivity contribution in [1.82, 2.24) is 4.72 Å². The fourth-order valence-corrected chi connectivity index (χ4v) is 6.83. The Balaban J connectivity index is 2.36. The van der Waals surface area contributed by atoms with Crippen molar-refractivity contribution in [2.45, 2.75) is 44.3 Å². The van der Waals surface area contributed by atoms with Crippen molar-refractivity contribution in [1.29, 1.82) is 0 Å². The monoisotopic (exact) mass is 431 g/mol. The van der Waals surface area contributed by atoms with Crippen LogP contribution in [0.5, 0.6) is 5.75 Å². The molecule has 156 valence electrons. The van der Waals surface area contributed by atoms with Crippen LogP contribution in [0.15, 0.2) is 64.7 Å². The molecule has 0 bridgehead atoms. The van der Waals surface area contributed by atoms with E-state index in [1.165, 1.54) is 0 Å². The third-order valence-corrected chi connectivity index (χ3v) is 9.45. The van der Waals surface area contributed by atoms with E-state index in [9.17, 15) is 13.2 Å². The number of sulfonamides is 1. The van der Waals surface area contributed by atoms with Crippen LogP contribution in [-0.2, 0) is 14.8 Å². The van der Waals surface area contributed by atoms with E-state index < -0.39 is 23.6 Å². The van der Waals surface area contributed by atoms with Gasteiger partial charge >= 0.3 is 0 Å². The number of hydrogen-bond acceptors (Lipinski definition) is 4. The average Bonchev–Trinajstić information content (AvgIpc) is 2.65. The standard InChI is InChI=1S/C22H29NO4SSi/c1-17-7-11-20(12-8-17)28(25,26)23-22(2,3)18(15-24)16-29(5,6)21-13-9-19(27-4)10-14-21/h7-16,23H,1-6H3/b18-16+. The van der Waals surface area contributed by atoms with Crippen molar-refractivity contribution in [3.8, 4) is 5.75 Å². The quantitative estimate of drug-likeness (QED) is 0.395. The minimum atomic E-state index is -3.77. The van der Waals surface area contributed by atoms with Crippen molar-refractivity contribution in [3.05, 3.63) is 65.4 Å². The molecule has 0 fully saturated rings. The van der Waals surface area contributed by atoms with Gasteiger partial charge < -0.3 is 4.74 Å². The summed E-state index contributed by atoms with van der Waals surface area (Å²) in [6, 6.07) is 14.4. The normalized spacial score (nSPS) is 13.2. The van der Waals surface area contributed by atoms with Crippen LogP contribution >= 0.6 is 0 Å². The zero-order valence-electron chi connectivity index (χ0n) is 17.8. The van der Waals surface area contributed by atoms with Crippen LogP contribution in [0.3, 0.4) is 0 Å². The van der Waals surface area contributed by atoms with E-state index in [-0.39, 0.29) is 4.90 Å². The Bertz CT molecular complexity index is 992. The van der Waals surface area contributed by atoms with Gasteiger partial charge in [0.05, 0.1) is 17.5 Å². The first kappa shape index (κ1) is 23.1. The molecular formula is C22H29NO4SSi. The first-order valence-corrected chi connectivity index (χ1v) is 13.9. The number of ether oxygens (including phenoxy) is 1. The second kappa shape index (κ2) is 8.65. The van der Waals surface area contributed by atoms with E-state index in [1.54, 1.807) is 45.2 Å². The Kier molecular flexibility index (Phi) is 6.88. The number of carbonyl (C=O) groups is 1. The minimum absolute atomic E-state index is 0.174. The van der Waals surface area contributed by atoms with Gasteiger partial charge in [-0.05, 0) is 45.0 Å². The largest absolute Gasteiger partial charge is 0.497 e. The van der Waals surface area contributed by atoms with Crippen molar-refractivity contribution in [2.75, 3.05) is 7.11 Å². The van der Waals surface area contributed by atoms with Gasteiger partial charge in [-0.2, -0.15) is 0 Å². The van der Waals surface area contributed by atoms with Gasteiger partial charge in [-0.15, -0.1) is 0 Å². The molecule has 0 heterocycles. The summed E-state index contributed by atoms with van der Waals surface area (Å²) in [6.07, 6.45) is 0.746. The summed E-state index contributed by atoms with van der Waals surface area (Å²) < 4.78 is 33.6.